The molecule has 0 spiro atoms. The van der Waals surface area contributed by atoms with Crippen molar-refractivity contribution in [2.75, 3.05) is 18.0 Å². The standard InChI is InChI=1S/C14H25N3O/c1-6-17(8-10(2)3)13-7-15-14(11(4)5)16-12(13)9-18/h7,10-11,18H,6,8-9H2,1-5H3. The van der Waals surface area contributed by atoms with E-state index in [0.29, 0.717) is 5.92 Å². The minimum Gasteiger partial charge on any atom is -0.390 e. The number of rotatable bonds is 6. The van der Waals surface area contributed by atoms with Gasteiger partial charge in [-0.15, -0.1) is 0 Å². The highest BCUT2D eigenvalue weighted by Crippen LogP contribution is 2.21. The fourth-order valence-electron chi connectivity index (χ4n) is 1.92. The molecule has 0 fully saturated rings. The van der Waals surface area contributed by atoms with Crippen molar-refractivity contribution in [1.29, 1.82) is 0 Å². The summed E-state index contributed by atoms with van der Waals surface area (Å²) in [5, 5.41) is 9.49. The number of aliphatic hydroxyl groups excluding tert-OH is 1. The minimum atomic E-state index is -0.0355. The summed E-state index contributed by atoms with van der Waals surface area (Å²) in [5.41, 5.74) is 1.69. The summed E-state index contributed by atoms with van der Waals surface area (Å²) in [6.45, 7) is 12.4. The SMILES string of the molecule is CCN(CC(C)C)c1cnc(C(C)C)nc1CO. The number of anilines is 1. The van der Waals surface area contributed by atoms with E-state index in [9.17, 15) is 5.11 Å². The van der Waals surface area contributed by atoms with E-state index in [0.717, 1.165) is 30.3 Å². The van der Waals surface area contributed by atoms with Gasteiger partial charge in [-0.25, -0.2) is 9.97 Å². The Labute approximate surface area is 110 Å². The second kappa shape index (κ2) is 6.69. The van der Waals surface area contributed by atoms with Crippen molar-refractivity contribution in [2.24, 2.45) is 5.92 Å². The van der Waals surface area contributed by atoms with E-state index in [-0.39, 0.29) is 12.5 Å². The van der Waals surface area contributed by atoms with Crippen LogP contribution in [0.3, 0.4) is 0 Å². The van der Waals surface area contributed by atoms with E-state index in [4.69, 9.17) is 0 Å². The van der Waals surface area contributed by atoms with Gasteiger partial charge in [0.2, 0.25) is 0 Å². The Balaban J connectivity index is 3.06. The van der Waals surface area contributed by atoms with Crippen molar-refractivity contribution in [2.45, 2.75) is 47.1 Å². The van der Waals surface area contributed by atoms with Crippen LogP contribution in [0.15, 0.2) is 6.20 Å². The molecule has 0 aliphatic carbocycles. The summed E-state index contributed by atoms with van der Waals surface area (Å²) >= 11 is 0. The molecular weight excluding hydrogens is 226 g/mol. The molecule has 0 unspecified atom stereocenters. The van der Waals surface area contributed by atoms with Gasteiger partial charge in [-0.05, 0) is 12.8 Å². The van der Waals surface area contributed by atoms with Crippen molar-refractivity contribution in [1.82, 2.24) is 9.97 Å². The summed E-state index contributed by atoms with van der Waals surface area (Å²) in [6.07, 6.45) is 1.85. The van der Waals surface area contributed by atoms with Crippen LogP contribution in [0.2, 0.25) is 0 Å². The lowest BCUT2D eigenvalue weighted by Crippen LogP contribution is -2.29. The third-order valence-corrected chi connectivity index (χ3v) is 2.84. The van der Waals surface area contributed by atoms with Crippen molar-refractivity contribution in [3.05, 3.63) is 17.7 Å². The van der Waals surface area contributed by atoms with Crippen LogP contribution >= 0.6 is 0 Å². The molecule has 0 radical (unpaired) electrons. The maximum absolute atomic E-state index is 9.49. The molecule has 0 aliphatic rings. The Hall–Kier alpha value is -1.16. The average molecular weight is 251 g/mol. The van der Waals surface area contributed by atoms with Crippen LogP contribution in [-0.2, 0) is 6.61 Å². The van der Waals surface area contributed by atoms with Crippen molar-refractivity contribution >= 4 is 5.69 Å². The average Bonchev–Trinajstić information content (AvgIpc) is 2.34. The minimum absolute atomic E-state index is 0.0355. The van der Waals surface area contributed by atoms with Gasteiger partial charge in [-0.3, -0.25) is 0 Å². The maximum atomic E-state index is 9.49. The molecule has 1 aromatic rings. The number of aliphatic hydroxyl groups is 1. The van der Waals surface area contributed by atoms with Crippen molar-refractivity contribution < 1.29 is 5.11 Å². The Bertz CT molecular complexity index is 377. The van der Waals surface area contributed by atoms with Gasteiger partial charge in [0.05, 0.1) is 24.2 Å². The van der Waals surface area contributed by atoms with Gasteiger partial charge in [-0.1, -0.05) is 27.7 Å². The van der Waals surface area contributed by atoms with Crippen LogP contribution in [0.1, 0.15) is 52.1 Å². The van der Waals surface area contributed by atoms with Gasteiger partial charge >= 0.3 is 0 Å². The molecule has 0 saturated carbocycles. The summed E-state index contributed by atoms with van der Waals surface area (Å²) in [6, 6.07) is 0. The maximum Gasteiger partial charge on any atom is 0.131 e. The highest BCUT2D eigenvalue weighted by molar-refractivity contribution is 5.48. The monoisotopic (exact) mass is 251 g/mol. The molecule has 0 saturated heterocycles. The van der Waals surface area contributed by atoms with Crippen molar-refractivity contribution in [3.63, 3.8) is 0 Å². The molecule has 1 heterocycles. The molecule has 0 aliphatic heterocycles. The molecule has 0 atom stereocenters. The quantitative estimate of drug-likeness (QED) is 0.844. The van der Waals surface area contributed by atoms with Gasteiger partial charge < -0.3 is 10.0 Å². The van der Waals surface area contributed by atoms with Gasteiger partial charge in [0.15, 0.2) is 0 Å². The zero-order valence-electron chi connectivity index (χ0n) is 12.1. The van der Waals surface area contributed by atoms with E-state index in [1.54, 1.807) is 0 Å². The fraction of sp³-hybridized carbons (Fsp3) is 0.714. The molecular formula is C14H25N3O. The molecule has 4 nitrogen and oxygen atoms in total. The largest absolute Gasteiger partial charge is 0.390 e. The van der Waals surface area contributed by atoms with E-state index >= 15 is 0 Å². The predicted molar refractivity (Wildman–Crippen MR) is 74.8 cm³/mol. The molecule has 4 heteroatoms. The topological polar surface area (TPSA) is 49.2 Å². The number of hydrogen-bond donors (Lipinski definition) is 1. The third kappa shape index (κ3) is 3.67. The van der Waals surface area contributed by atoms with Gasteiger partial charge in [-0.2, -0.15) is 0 Å². The lowest BCUT2D eigenvalue weighted by Gasteiger charge is -2.26. The van der Waals surface area contributed by atoms with Crippen LogP contribution in [0.25, 0.3) is 0 Å². The van der Waals surface area contributed by atoms with Gasteiger partial charge in [0.25, 0.3) is 0 Å². The van der Waals surface area contributed by atoms with Crippen LogP contribution in [0.4, 0.5) is 5.69 Å². The van der Waals surface area contributed by atoms with Crippen LogP contribution in [0.5, 0.6) is 0 Å². The molecule has 0 aromatic carbocycles. The Morgan fingerprint density at radius 3 is 2.39 bits per heavy atom. The Morgan fingerprint density at radius 1 is 1.28 bits per heavy atom. The first-order valence-corrected chi connectivity index (χ1v) is 6.71. The number of nitrogens with zero attached hydrogens (tertiary/aromatic N) is 3. The molecule has 0 bridgehead atoms. The molecule has 0 amide bonds. The first-order chi connectivity index (χ1) is 8.49. The van der Waals surface area contributed by atoms with E-state index in [2.05, 4.69) is 49.5 Å². The van der Waals surface area contributed by atoms with Crippen LogP contribution in [0, 0.1) is 5.92 Å². The second-order valence-electron chi connectivity index (χ2n) is 5.31. The Kier molecular flexibility index (Phi) is 5.54. The summed E-state index contributed by atoms with van der Waals surface area (Å²) in [7, 11) is 0. The van der Waals surface area contributed by atoms with E-state index in [1.807, 2.05) is 6.20 Å². The van der Waals surface area contributed by atoms with Crippen molar-refractivity contribution in [3.8, 4) is 0 Å². The molecule has 18 heavy (non-hydrogen) atoms. The molecule has 1 rings (SSSR count). The fourth-order valence-corrected chi connectivity index (χ4v) is 1.92. The predicted octanol–water partition coefficient (Wildman–Crippen LogP) is 2.57. The molecule has 1 aromatic heterocycles. The Morgan fingerprint density at radius 2 is 1.94 bits per heavy atom. The summed E-state index contributed by atoms with van der Waals surface area (Å²) < 4.78 is 0. The normalized spacial score (nSPS) is 11.3. The van der Waals surface area contributed by atoms with Gasteiger partial charge in [0.1, 0.15) is 5.82 Å². The first-order valence-electron chi connectivity index (χ1n) is 6.71. The van der Waals surface area contributed by atoms with E-state index in [1.165, 1.54) is 0 Å². The first kappa shape index (κ1) is 14.9. The highest BCUT2D eigenvalue weighted by Gasteiger charge is 2.14. The lowest BCUT2D eigenvalue weighted by atomic mass is 10.1. The zero-order valence-corrected chi connectivity index (χ0v) is 12.1. The number of hydrogen-bond acceptors (Lipinski definition) is 4. The summed E-state index contributed by atoms with van der Waals surface area (Å²) in [4.78, 5) is 11.1. The van der Waals surface area contributed by atoms with Crippen LogP contribution in [-0.4, -0.2) is 28.2 Å². The third-order valence-electron chi connectivity index (χ3n) is 2.84. The smallest absolute Gasteiger partial charge is 0.131 e. The van der Waals surface area contributed by atoms with Crippen LogP contribution < -0.4 is 4.90 Å². The second-order valence-corrected chi connectivity index (χ2v) is 5.31. The van der Waals surface area contributed by atoms with E-state index < -0.39 is 0 Å². The zero-order chi connectivity index (χ0) is 13.7. The van der Waals surface area contributed by atoms with Gasteiger partial charge in [0, 0.05) is 19.0 Å². The molecule has 1 N–H and O–H groups in total. The molecule has 102 valence electrons. The highest BCUT2D eigenvalue weighted by atomic mass is 16.3. The summed E-state index contributed by atoms with van der Waals surface area (Å²) in [5.74, 6) is 1.65. The number of aromatic nitrogens is 2. The lowest BCUT2D eigenvalue weighted by molar-refractivity contribution is 0.276.